The number of nitrogens with two attached hydrogens (primary N) is 1. The van der Waals surface area contributed by atoms with E-state index in [1.165, 1.54) is 47.9 Å². The van der Waals surface area contributed by atoms with E-state index < -0.39 is 0 Å². The number of benzene rings is 1. The number of rotatable bonds is 2. The van der Waals surface area contributed by atoms with Gasteiger partial charge in [0.2, 0.25) is 0 Å². The normalized spacial score (nSPS) is 15.1. The largest absolute Gasteiger partial charge is 0.205 e. The maximum atomic E-state index is 5.66. The van der Waals surface area contributed by atoms with Crippen LogP contribution in [-0.4, -0.2) is 0 Å². The van der Waals surface area contributed by atoms with Crippen LogP contribution in [0, 0.1) is 0 Å². The van der Waals surface area contributed by atoms with E-state index >= 15 is 0 Å². The zero-order valence-electron chi connectivity index (χ0n) is 11.0. The average Bonchev–Trinajstić information content (AvgIpc) is 2.49. The SMILES string of the molecule is N[n+]1ccc(-c2cccc(C3=CCCCC3)c2)cc1. The Morgan fingerprint density at radius 3 is 2.42 bits per heavy atom. The highest BCUT2D eigenvalue weighted by Crippen LogP contribution is 2.29. The van der Waals surface area contributed by atoms with Gasteiger partial charge in [0, 0.05) is 12.1 Å². The standard InChI is InChI=1S/C17H19N2/c18-19-11-9-15(10-12-19)17-8-4-7-16(13-17)14-5-2-1-3-6-14/h4-5,7-13H,1-3,6,18H2/q+1. The molecule has 2 heteroatoms. The molecule has 0 saturated carbocycles. The minimum absolute atomic E-state index is 1.21. The van der Waals surface area contributed by atoms with Crippen LogP contribution in [0.3, 0.4) is 0 Å². The zero-order chi connectivity index (χ0) is 13.1. The van der Waals surface area contributed by atoms with Gasteiger partial charge in [0.15, 0.2) is 12.4 Å². The van der Waals surface area contributed by atoms with E-state index in [0.717, 1.165) is 0 Å². The predicted molar refractivity (Wildman–Crippen MR) is 78.7 cm³/mol. The van der Waals surface area contributed by atoms with Crippen molar-refractivity contribution in [1.82, 2.24) is 0 Å². The van der Waals surface area contributed by atoms with Gasteiger partial charge < -0.3 is 0 Å². The number of allylic oxidation sites excluding steroid dienone is 2. The van der Waals surface area contributed by atoms with E-state index in [-0.39, 0.29) is 0 Å². The second-order valence-corrected chi connectivity index (χ2v) is 5.09. The summed E-state index contributed by atoms with van der Waals surface area (Å²) >= 11 is 0. The molecule has 0 amide bonds. The molecule has 19 heavy (non-hydrogen) atoms. The number of pyridine rings is 1. The fourth-order valence-corrected chi connectivity index (χ4v) is 2.63. The van der Waals surface area contributed by atoms with Gasteiger partial charge in [0.05, 0.1) is 0 Å². The fraction of sp³-hybridized carbons (Fsp3) is 0.235. The summed E-state index contributed by atoms with van der Waals surface area (Å²) in [5, 5.41) is 0. The summed E-state index contributed by atoms with van der Waals surface area (Å²) in [5.41, 5.74) is 5.32. The van der Waals surface area contributed by atoms with E-state index in [0.29, 0.717) is 0 Å². The van der Waals surface area contributed by atoms with Crippen molar-refractivity contribution >= 4 is 5.57 Å². The first kappa shape index (κ1) is 12.0. The number of nitrogen functional groups attached to an aromatic ring is 1. The Balaban J connectivity index is 1.95. The quantitative estimate of drug-likeness (QED) is 0.644. The Morgan fingerprint density at radius 2 is 1.68 bits per heavy atom. The maximum Gasteiger partial charge on any atom is 0.199 e. The second kappa shape index (κ2) is 5.27. The van der Waals surface area contributed by atoms with Crippen LogP contribution in [0.5, 0.6) is 0 Å². The minimum Gasteiger partial charge on any atom is -0.205 e. The minimum atomic E-state index is 1.21. The van der Waals surface area contributed by atoms with E-state index in [9.17, 15) is 0 Å². The van der Waals surface area contributed by atoms with Crippen LogP contribution in [0.4, 0.5) is 0 Å². The Kier molecular flexibility index (Phi) is 3.32. The third-order valence-electron chi connectivity index (χ3n) is 3.71. The molecular formula is C17H19N2+. The number of hydrogen-bond donors (Lipinski definition) is 1. The summed E-state index contributed by atoms with van der Waals surface area (Å²) < 4.78 is 1.57. The van der Waals surface area contributed by atoms with Crippen molar-refractivity contribution in [3.63, 3.8) is 0 Å². The molecular weight excluding hydrogens is 232 g/mol. The van der Waals surface area contributed by atoms with Gasteiger partial charge in [-0.15, -0.1) is 0 Å². The van der Waals surface area contributed by atoms with Gasteiger partial charge >= 0.3 is 0 Å². The molecule has 3 rings (SSSR count). The Hall–Kier alpha value is -2.09. The topological polar surface area (TPSA) is 29.9 Å². The summed E-state index contributed by atoms with van der Waals surface area (Å²) in [4.78, 5) is 0. The third-order valence-corrected chi connectivity index (χ3v) is 3.71. The third kappa shape index (κ3) is 2.68. The van der Waals surface area contributed by atoms with Crippen LogP contribution in [0.2, 0.25) is 0 Å². The van der Waals surface area contributed by atoms with Crippen molar-refractivity contribution in [3.05, 3.63) is 60.4 Å². The molecule has 0 atom stereocenters. The molecule has 0 spiro atoms. The highest BCUT2D eigenvalue weighted by Gasteiger charge is 2.07. The van der Waals surface area contributed by atoms with E-state index in [4.69, 9.17) is 5.84 Å². The molecule has 0 aliphatic heterocycles. The molecule has 0 saturated heterocycles. The van der Waals surface area contributed by atoms with E-state index in [1.54, 1.807) is 4.68 Å². The molecule has 1 aromatic heterocycles. The molecule has 0 bridgehead atoms. The Labute approximate surface area is 114 Å². The lowest BCUT2D eigenvalue weighted by Gasteiger charge is -2.13. The van der Waals surface area contributed by atoms with Crippen molar-refractivity contribution < 1.29 is 4.68 Å². The molecule has 1 aliphatic rings. The smallest absolute Gasteiger partial charge is 0.199 e. The highest BCUT2D eigenvalue weighted by atomic mass is 15.3. The molecule has 0 unspecified atom stereocenters. The van der Waals surface area contributed by atoms with E-state index in [1.807, 2.05) is 24.5 Å². The first-order valence-electron chi connectivity index (χ1n) is 6.89. The molecule has 1 aliphatic carbocycles. The lowest BCUT2D eigenvalue weighted by atomic mass is 9.92. The van der Waals surface area contributed by atoms with E-state index in [2.05, 4.69) is 30.3 Å². The number of hydrogen-bond acceptors (Lipinski definition) is 1. The summed E-state index contributed by atoms with van der Waals surface area (Å²) in [6.45, 7) is 0. The molecule has 96 valence electrons. The number of nitrogens with zero attached hydrogens (tertiary/aromatic N) is 1. The van der Waals surface area contributed by atoms with Crippen molar-refractivity contribution in [3.8, 4) is 11.1 Å². The second-order valence-electron chi connectivity index (χ2n) is 5.09. The van der Waals surface area contributed by atoms with Crippen LogP contribution >= 0.6 is 0 Å². The lowest BCUT2D eigenvalue weighted by molar-refractivity contribution is -0.638. The van der Waals surface area contributed by atoms with Crippen LogP contribution in [0.15, 0.2) is 54.9 Å². The molecule has 2 nitrogen and oxygen atoms in total. The molecule has 2 N–H and O–H groups in total. The van der Waals surface area contributed by atoms with Crippen LogP contribution in [-0.2, 0) is 0 Å². The summed E-state index contributed by atoms with van der Waals surface area (Å²) in [7, 11) is 0. The van der Waals surface area contributed by atoms with Gasteiger partial charge in [-0.1, -0.05) is 29.0 Å². The molecule has 1 aromatic carbocycles. The van der Waals surface area contributed by atoms with Gasteiger partial charge in [-0.05, 0) is 54.0 Å². The first-order chi connectivity index (χ1) is 9.33. The van der Waals surface area contributed by atoms with Gasteiger partial charge in [-0.25, -0.2) is 5.84 Å². The Morgan fingerprint density at radius 1 is 0.895 bits per heavy atom. The molecule has 1 heterocycles. The maximum absolute atomic E-state index is 5.66. The zero-order valence-corrected chi connectivity index (χ0v) is 11.0. The van der Waals surface area contributed by atoms with Crippen molar-refractivity contribution in [2.24, 2.45) is 0 Å². The summed E-state index contributed by atoms with van der Waals surface area (Å²) in [6, 6.07) is 12.9. The molecule has 0 fully saturated rings. The number of aromatic nitrogens is 1. The van der Waals surface area contributed by atoms with Crippen LogP contribution < -0.4 is 10.5 Å². The molecule has 0 radical (unpaired) electrons. The van der Waals surface area contributed by atoms with Crippen molar-refractivity contribution in [1.29, 1.82) is 0 Å². The average molecular weight is 251 g/mol. The highest BCUT2D eigenvalue weighted by molar-refractivity contribution is 5.72. The van der Waals surface area contributed by atoms with Crippen molar-refractivity contribution in [2.45, 2.75) is 25.7 Å². The predicted octanol–water partition coefficient (Wildman–Crippen LogP) is 3.31. The van der Waals surface area contributed by atoms with Crippen LogP contribution in [0.1, 0.15) is 31.2 Å². The van der Waals surface area contributed by atoms with Gasteiger partial charge in [0.1, 0.15) is 0 Å². The fourth-order valence-electron chi connectivity index (χ4n) is 2.63. The Bertz CT molecular complexity index is 597. The van der Waals surface area contributed by atoms with Gasteiger partial charge in [-0.3, -0.25) is 0 Å². The van der Waals surface area contributed by atoms with Gasteiger partial charge in [-0.2, -0.15) is 0 Å². The summed E-state index contributed by atoms with van der Waals surface area (Å²) in [6.07, 6.45) is 11.2. The van der Waals surface area contributed by atoms with Gasteiger partial charge in [0.25, 0.3) is 0 Å². The first-order valence-corrected chi connectivity index (χ1v) is 6.89. The van der Waals surface area contributed by atoms with Crippen LogP contribution in [0.25, 0.3) is 16.7 Å². The monoisotopic (exact) mass is 251 g/mol. The lowest BCUT2D eigenvalue weighted by Crippen LogP contribution is -2.43. The summed E-state index contributed by atoms with van der Waals surface area (Å²) in [5.74, 6) is 5.66. The molecule has 2 aromatic rings. The van der Waals surface area contributed by atoms with Crippen molar-refractivity contribution in [2.75, 3.05) is 5.84 Å².